The minimum atomic E-state index is -4.22. The van der Waals surface area contributed by atoms with Crippen molar-refractivity contribution in [3.8, 4) is 0 Å². The number of nitrogens with zero attached hydrogens (tertiary/aromatic N) is 1. The van der Waals surface area contributed by atoms with Crippen molar-refractivity contribution in [3.63, 3.8) is 0 Å². The summed E-state index contributed by atoms with van der Waals surface area (Å²) in [5.74, 6) is 0. The van der Waals surface area contributed by atoms with E-state index in [2.05, 4.69) is 9.71 Å². The molecule has 1 rings (SSSR count). The summed E-state index contributed by atoms with van der Waals surface area (Å²) in [5.41, 5.74) is 5.45. The number of sulfonamides is 1. The van der Waals surface area contributed by atoms with Gasteiger partial charge in [0.1, 0.15) is 0 Å². The maximum Gasteiger partial charge on any atom is 0.389 e. The minimum Gasteiger partial charge on any atom is -0.396 e. The van der Waals surface area contributed by atoms with Crippen LogP contribution in [0.25, 0.3) is 0 Å². The molecule has 0 radical (unpaired) electrons. The second kappa shape index (κ2) is 6.20. The SMILES string of the molecule is Nc1cccnc1S(=O)(=O)NCCCCC(F)(F)F. The van der Waals surface area contributed by atoms with E-state index in [0.717, 1.165) is 0 Å². The predicted octanol–water partition coefficient (Wildman–Crippen LogP) is 1.67. The number of hydrogen-bond donors (Lipinski definition) is 2. The zero-order valence-electron chi connectivity index (χ0n) is 9.94. The van der Waals surface area contributed by atoms with Crippen molar-refractivity contribution in [3.05, 3.63) is 18.3 Å². The van der Waals surface area contributed by atoms with Gasteiger partial charge in [-0.3, -0.25) is 0 Å². The van der Waals surface area contributed by atoms with Crippen LogP contribution in [0.1, 0.15) is 19.3 Å². The van der Waals surface area contributed by atoms with Gasteiger partial charge in [0.15, 0.2) is 5.03 Å². The Kier molecular flexibility index (Phi) is 5.12. The Labute approximate surface area is 109 Å². The molecule has 0 aliphatic heterocycles. The first-order chi connectivity index (χ1) is 8.72. The van der Waals surface area contributed by atoms with E-state index in [4.69, 9.17) is 5.73 Å². The van der Waals surface area contributed by atoms with Gasteiger partial charge in [0.25, 0.3) is 10.0 Å². The molecule has 1 aromatic heterocycles. The van der Waals surface area contributed by atoms with Gasteiger partial charge in [0.2, 0.25) is 0 Å². The minimum absolute atomic E-state index is 0.00899. The fourth-order valence-corrected chi connectivity index (χ4v) is 2.48. The Hall–Kier alpha value is -1.35. The van der Waals surface area contributed by atoms with Gasteiger partial charge < -0.3 is 5.73 Å². The molecule has 9 heteroatoms. The van der Waals surface area contributed by atoms with Crippen molar-refractivity contribution in [1.29, 1.82) is 0 Å². The zero-order chi connectivity index (χ0) is 14.5. The van der Waals surface area contributed by atoms with Crippen LogP contribution in [0.15, 0.2) is 23.4 Å². The molecule has 19 heavy (non-hydrogen) atoms. The molecule has 0 saturated carbocycles. The van der Waals surface area contributed by atoms with Crippen LogP contribution in [-0.4, -0.2) is 26.1 Å². The summed E-state index contributed by atoms with van der Waals surface area (Å²) in [7, 11) is -3.87. The maximum atomic E-state index is 11.9. The normalized spacial score (nSPS) is 12.6. The molecule has 0 aromatic carbocycles. The lowest BCUT2D eigenvalue weighted by Crippen LogP contribution is -2.26. The quantitative estimate of drug-likeness (QED) is 0.782. The number of pyridine rings is 1. The van der Waals surface area contributed by atoms with E-state index in [-0.39, 0.29) is 30.1 Å². The number of nitrogen functional groups attached to an aromatic ring is 1. The van der Waals surface area contributed by atoms with E-state index in [9.17, 15) is 21.6 Å². The molecule has 0 aliphatic carbocycles. The summed E-state index contributed by atoms with van der Waals surface area (Å²) in [6, 6.07) is 2.86. The van der Waals surface area contributed by atoms with Crippen molar-refractivity contribution < 1.29 is 21.6 Å². The van der Waals surface area contributed by atoms with E-state index in [1.807, 2.05) is 0 Å². The smallest absolute Gasteiger partial charge is 0.389 e. The number of anilines is 1. The van der Waals surface area contributed by atoms with Crippen molar-refractivity contribution in [2.24, 2.45) is 0 Å². The molecule has 0 atom stereocenters. The highest BCUT2D eigenvalue weighted by Gasteiger charge is 2.26. The first-order valence-corrected chi connectivity index (χ1v) is 6.97. The molecule has 5 nitrogen and oxygen atoms in total. The Morgan fingerprint density at radius 2 is 2.00 bits per heavy atom. The predicted molar refractivity (Wildman–Crippen MR) is 63.7 cm³/mol. The van der Waals surface area contributed by atoms with Crippen LogP contribution in [0, 0.1) is 0 Å². The number of hydrogen-bond acceptors (Lipinski definition) is 4. The lowest BCUT2D eigenvalue weighted by molar-refractivity contribution is -0.135. The van der Waals surface area contributed by atoms with Crippen molar-refractivity contribution in [1.82, 2.24) is 9.71 Å². The summed E-state index contributed by atoms with van der Waals surface area (Å²) < 4.78 is 61.2. The van der Waals surface area contributed by atoms with Crippen molar-refractivity contribution >= 4 is 15.7 Å². The van der Waals surface area contributed by atoms with Crippen LogP contribution < -0.4 is 10.5 Å². The van der Waals surface area contributed by atoms with Crippen LogP contribution in [-0.2, 0) is 10.0 Å². The van der Waals surface area contributed by atoms with Gasteiger partial charge in [-0.1, -0.05) is 0 Å². The highest BCUT2D eigenvalue weighted by Crippen LogP contribution is 2.22. The van der Waals surface area contributed by atoms with Crippen LogP contribution in [0.5, 0.6) is 0 Å². The second-order valence-corrected chi connectivity index (χ2v) is 5.55. The topological polar surface area (TPSA) is 85.1 Å². The van der Waals surface area contributed by atoms with E-state index in [1.54, 1.807) is 0 Å². The Bertz CT molecular complexity index is 517. The fraction of sp³-hybridized carbons (Fsp3) is 0.500. The molecule has 0 aliphatic rings. The lowest BCUT2D eigenvalue weighted by atomic mass is 10.2. The van der Waals surface area contributed by atoms with Gasteiger partial charge in [0.05, 0.1) is 5.69 Å². The summed E-state index contributed by atoms with van der Waals surface area (Å²) in [6.45, 7) is -0.0889. The molecule has 0 saturated heterocycles. The highest BCUT2D eigenvalue weighted by atomic mass is 32.2. The molecule has 0 spiro atoms. The molecular weight excluding hydrogens is 283 g/mol. The number of aromatic nitrogens is 1. The first kappa shape index (κ1) is 15.7. The van der Waals surface area contributed by atoms with E-state index in [1.165, 1.54) is 18.3 Å². The first-order valence-electron chi connectivity index (χ1n) is 5.49. The number of unbranched alkanes of at least 4 members (excludes halogenated alkanes) is 1. The molecule has 0 fully saturated rings. The maximum absolute atomic E-state index is 11.9. The number of alkyl halides is 3. The van der Waals surface area contributed by atoms with Crippen LogP contribution in [0.4, 0.5) is 18.9 Å². The molecule has 0 unspecified atom stereocenters. The van der Waals surface area contributed by atoms with Gasteiger partial charge in [-0.15, -0.1) is 0 Å². The Morgan fingerprint density at radius 3 is 2.58 bits per heavy atom. The second-order valence-electron chi connectivity index (χ2n) is 3.87. The summed E-state index contributed by atoms with van der Waals surface area (Å²) in [6.07, 6.45) is -3.92. The standard InChI is InChI=1S/C10H14F3N3O2S/c11-10(12,13)5-1-2-7-16-19(17,18)9-8(14)4-3-6-15-9/h3-4,6,16H,1-2,5,7,14H2. The number of rotatable bonds is 6. The molecule has 1 heterocycles. The van der Waals surface area contributed by atoms with Gasteiger partial charge in [-0.25, -0.2) is 18.1 Å². The van der Waals surface area contributed by atoms with E-state index >= 15 is 0 Å². The Morgan fingerprint density at radius 1 is 1.32 bits per heavy atom. The summed E-state index contributed by atoms with van der Waals surface area (Å²) in [4.78, 5) is 3.63. The third-order valence-corrected chi connectivity index (χ3v) is 3.67. The van der Waals surface area contributed by atoms with Gasteiger partial charge in [0, 0.05) is 19.2 Å². The molecule has 3 N–H and O–H groups in total. The average Bonchev–Trinajstić information content (AvgIpc) is 2.27. The lowest BCUT2D eigenvalue weighted by Gasteiger charge is -2.08. The molecular formula is C10H14F3N3O2S. The van der Waals surface area contributed by atoms with Gasteiger partial charge >= 0.3 is 6.18 Å². The largest absolute Gasteiger partial charge is 0.396 e. The monoisotopic (exact) mass is 297 g/mol. The van der Waals surface area contributed by atoms with Crippen LogP contribution in [0.3, 0.4) is 0 Å². The van der Waals surface area contributed by atoms with Crippen molar-refractivity contribution in [2.75, 3.05) is 12.3 Å². The average molecular weight is 297 g/mol. The third-order valence-electron chi connectivity index (χ3n) is 2.23. The zero-order valence-corrected chi connectivity index (χ0v) is 10.8. The van der Waals surface area contributed by atoms with Gasteiger partial charge in [-0.05, 0) is 25.0 Å². The van der Waals surface area contributed by atoms with Crippen LogP contribution >= 0.6 is 0 Å². The number of halogens is 3. The third kappa shape index (κ3) is 5.43. The number of nitrogens with one attached hydrogen (secondary N) is 1. The Balaban J connectivity index is 2.47. The highest BCUT2D eigenvalue weighted by molar-refractivity contribution is 7.89. The molecule has 1 aromatic rings. The fourth-order valence-electron chi connectivity index (χ4n) is 1.35. The summed E-state index contributed by atoms with van der Waals surface area (Å²) in [5, 5.41) is -0.314. The molecule has 0 amide bonds. The summed E-state index contributed by atoms with van der Waals surface area (Å²) >= 11 is 0. The van der Waals surface area contributed by atoms with Crippen LogP contribution in [0.2, 0.25) is 0 Å². The molecule has 0 bridgehead atoms. The van der Waals surface area contributed by atoms with E-state index < -0.39 is 22.6 Å². The van der Waals surface area contributed by atoms with E-state index in [0.29, 0.717) is 0 Å². The number of nitrogens with two attached hydrogens (primary N) is 1. The van der Waals surface area contributed by atoms with Gasteiger partial charge in [-0.2, -0.15) is 13.2 Å². The van der Waals surface area contributed by atoms with Crippen molar-refractivity contribution in [2.45, 2.75) is 30.5 Å². The molecule has 108 valence electrons.